The van der Waals surface area contributed by atoms with Crippen molar-refractivity contribution in [3.63, 3.8) is 0 Å². The van der Waals surface area contributed by atoms with Gasteiger partial charge in [-0.25, -0.2) is 8.42 Å². The van der Waals surface area contributed by atoms with Gasteiger partial charge < -0.3 is 19.7 Å². The molecule has 1 atom stereocenters. The molecule has 4 rings (SSSR count). The summed E-state index contributed by atoms with van der Waals surface area (Å²) in [7, 11) is -4.16. The van der Waals surface area contributed by atoms with Gasteiger partial charge in [0.15, 0.2) is 11.5 Å². The average molecular weight is 580 g/mol. The highest BCUT2D eigenvalue weighted by molar-refractivity contribution is 7.92. The van der Waals surface area contributed by atoms with Crippen molar-refractivity contribution in [3.8, 4) is 11.5 Å². The third kappa shape index (κ3) is 7.38. The van der Waals surface area contributed by atoms with Gasteiger partial charge >= 0.3 is 0 Å². The van der Waals surface area contributed by atoms with Crippen molar-refractivity contribution in [2.75, 3.05) is 30.6 Å². The molecule has 0 aliphatic carbocycles. The zero-order valence-electron chi connectivity index (χ0n) is 23.7. The molecule has 1 aliphatic heterocycles. The van der Waals surface area contributed by atoms with Gasteiger partial charge in [-0.3, -0.25) is 13.9 Å². The van der Waals surface area contributed by atoms with Crippen LogP contribution in [0.1, 0.15) is 32.8 Å². The van der Waals surface area contributed by atoms with Crippen LogP contribution in [0.2, 0.25) is 0 Å². The van der Waals surface area contributed by atoms with Gasteiger partial charge in [0.2, 0.25) is 11.8 Å². The molecule has 41 heavy (non-hydrogen) atoms. The number of carbonyl (C=O) groups is 2. The monoisotopic (exact) mass is 579 g/mol. The van der Waals surface area contributed by atoms with Crippen molar-refractivity contribution < 1.29 is 27.5 Å². The predicted octanol–water partition coefficient (Wildman–Crippen LogP) is 4.03. The molecule has 9 nitrogen and oxygen atoms in total. The smallest absolute Gasteiger partial charge is 0.264 e. The average Bonchev–Trinajstić information content (AvgIpc) is 2.98. The van der Waals surface area contributed by atoms with Crippen molar-refractivity contribution >= 4 is 27.5 Å². The Kier molecular flexibility index (Phi) is 9.88. The number of hydrogen-bond acceptors (Lipinski definition) is 6. The summed E-state index contributed by atoms with van der Waals surface area (Å²) in [5.74, 6) is 0.143. The summed E-state index contributed by atoms with van der Waals surface area (Å²) in [6, 6.07) is 21.5. The zero-order valence-corrected chi connectivity index (χ0v) is 24.5. The molecular formula is C31H37N3O6S. The largest absolute Gasteiger partial charge is 0.486 e. The molecule has 0 radical (unpaired) electrons. The number of nitrogens with one attached hydrogen (secondary N) is 1. The van der Waals surface area contributed by atoms with E-state index in [0.29, 0.717) is 37.6 Å². The van der Waals surface area contributed by atoms with E-state index in [1.54, 1.807) is 36.4 Å². The molecular weight excluding hydrogens is 542 g/mol. The molecule has 3 aromatic rings. The Labute approximate surface area is 242 Å². The molecule has 0 saturated carbocycles. The first kappa shape index (κ1) is 29.9. The molecule has 0 bridgehead atoms. The van der Waals surface area contributed by atoms with Gasteiger partial charge in [-0.1, -0.05) is 55.5 Å². The summed E-state index contributed by atoms with van der Waals surface area (Å²) < 4.78 is 40.3. The maximum Gasteiger partial charge on any atom is 0.264 e. The first-order valence-corrected chi connectivity index (χ1v) is 15.3. The number of hydrogen-bond donors (Lipinski definition) is 1. The summed E-state index contributed by atoms with van der Waals surface area (Å²) in [6.07, 6.45) is 0.877. The Morgan fingerprint density at radius 2 is 1.54 bits per heavy atom. The van der Waals surface area contributed by atoms with Crippen LogP contribution in [0.4, 0.5) is 5.69 Å². The van der Waals surface area contributed by atoms with Crippen LogP contribution in [0, 0.1) is 0 Å². The number of amides is 2. The van der Waals surface area contributed by atoms with Crippen LogP contribution in [0.3, 0.4) is 0 Å². The van der Waals surface area contributed by atoms with Gasteiger partial charge in [-0.05, 0) is 56.5 Å². The fourth-order valence-electron chi connectivity index (χ4n) is 4.71. The molecule has 10 heteroatoms. The molecule has 0 aromatic heterocycles. The summed E-state index contributed by atoms with van der Waals surface area (Å²) >= 11 is 0. The highest BCUT2D eigenvalue weighted by atomic mass is 32.2. The van der Waals surface area contributed by atoms with Gasteiger partial charge in [0.05, 0.1) is 10.6 Å². The van der Waals surface area contributed by atoms with E-state index in [1.807, 2.05) is 51.1 Å². The molecule has 0 fully saturated rings. The Bertz CT molecular complexity index is 1430. The second kappa shape index (κ2) is 13.5. The van der Waals surface area contributed by atoms with Crippen LogP contribution in [0.15, 0.2) is 83.8 Å². The van der Waals surface area contributed by atoms with E-state index in [0.717, 1.165) is 9.87 Å². The van der Waals surface area contributed by atoms with E-state index >= 15 is 0 Å². The minimum absolute atomic E-state index is 0.0446. The van der Waals surface area contributed by atoms with Crippen molar-refractivity contribution in [2.24, 2.45) is 0 Å². The number of rotatable bonds is 12. The lowest BCUT2D eigenvalue weighted by Gasteiger charge is -2.33. The summed E-state index contributed by atoms with van der Waals surface area (Å²) in [4.78, 5) is 28.8. The molecule has 1 N–H and O–H groups in total. The van der Waals surface area contributed by atoms with Crippen LogP contribution in [0.5, 0.6) is 11.5 Å². The van der Waals surface area contributed by atoms with Crippen molar-refractivity contribution in [2.45, 2.75) is 50.6 Å². The topological polar surface area (TPSA) is 105 Å². The molecule has 1 heterocycles. The number of carbonyl (C=O) groups excluding carboxylic acids is 2. The minimum Gasteiger partial charge on any atom is -0.486 e. The van der Waals surface area contributed by atoms with Gasteiger partial charge in [-0.15, -0.1) is 0 Å². The number of ether oxygens (including phenoxy) is 2. The van der Waals surface area contributed by atoms with Crippen LogP contribution in [-0.2, 0) is 26.0 Å². The SMILES string of the molecule is CC[C@@H](C(=O)NC(C)C)N(CCc1ccccc1)C(=O)CN(c1ccc2c(c1)OCCO2)S(=O)(=O)c1ccccc1. The standard InChI is InChI=1S/C31H37N3O6S/c1-4-27(31(36)32-23(2)3)33(18-17-24-11-7-5-8-12-24)30(35)22-34(41(37,38)26-13-9-6-10-14-26)25-15-16-28-29(21-25)40-20-19-39-28/h5-16,21,23,27H,4,17-20,22H2,1-3H3,(H,32,36)/t27-/m0/s1. The number of nitrogens with zero attached hydrogens (tertiary/aromatic N) is 2. The highest BCUT2D eigenvalue weighted by Gasteiger charge is 2.34. The first-order chi connectivity index (χ1) is 19.7. The third-order valence-electron chi connectivity index (χ3n) is 6.72. The number of sulfonamides is 1. The first-order valence-electron chi connectivity index (χ1n) is 13.8. The number of fused-ring (bicyclic) bond motifs is 1. The van der Waals surface area contributed by atoms with E-state index in [4.69, 9.17) is 9.47 Å². The second-order valence-electron chi connectivity index (χ2n) is 10.1. The number of anilines is 1. The maximum atomic E-state index is 14.1. The molecule has 218 valence electrons. The van der Waals surface area contributed by atoms with Crippen molar-refractivity contribution in [1.29, 1.82) is 0 Å². The minimum atomic E-state index is -4.16. The normalized spacial score (nSPS) is 13.4. The van der Waals surface area contributed by atoms with Crippen molar-refractivity contribution in [1.82, 2.24) is 10.2 Å². The lowest BCUT2D eigenvalue weighted by molar-refractivity contribution is -0.139. The second-order valence-corrected chi connectivity index (χ2v) is 11.9. The summed E-state index contributed by atoms with van der Waals surface area (Å²) in [5.41, 5.74) is 1.26. The Morgan fingerprint density at radius 3 is 2.17 bits per heavy atom. The zero-order chi connectivity index (χ0) is 29.4. The van der Waals surface area contributed by atoms with Crippen LogP contribution in [-0.4, -0.2) is 63.5 Å². The molecule has 0 unspecified atom stereocenters. The Balaban J connectivity index is 1.71. The molecule has 3 aromatic carbocycles. The van der Waals surface area contributed by atoms with Crippen LogP contribution < -0.4 is 19.1 Å². The van der Waals surface area contributed by atoms with E-state index in [9.17, 15) is 18.0 Å². The Morgan fingerprint density at radius 1 is 0.902 bits per heavy atom. The molecule has 2 amide bonds. The van der Waals surface area contributed by atoms with E-state index in [-0.39, 0.29) is 29.1 Å². The van der Waals surface area contributed by atoms with E-state index in [1.165, 1.54) is 17.0 Å². The quantitative estimate of drug-likeness (QED) is 0.348. The van der Waals surface area contributed by atoms with Gasteiger partial charge in [0.25, 0.3) is 10.0 Å². The maximum absolute atomic E-state index is 14.1. The highest BCUT2D eigenvalue weighted by Crippen LogP contribution is 2.36. The summed E-state index contributed by atoms with van der Waals surface area (Å²) in [6.45, 7) is 6.02. The van der Waals surface area contributed by atoms with Crippen LogP contribution >= 0.6 is 0 Å². The van der Waals surface area contributed by atoms with Crippen molar-refractivity contribution in [3.05, 3.63) is 84.4 Å². The fraction of sp³-hybridized carbons (Fsp3) is 0.355. The van der Waals surface area contributed by atoms with Crippen LogP contribution in [0.25, 0.3) is 0 Å². The predicted molar refractivity (Wildman–Crippen MR) is 158 cm³/mol. The van der Waals surface area contributed by atoms with E-state index in [2.05, 4.69) is 5.32 Å². The molecule has 1 aliphatic rings. The van der Waals surface area contributed by atoms with Gasteiger partial charge in [0, 0.05) is 18.7 Å². The molecule has 0 saturated heterocycles. The fourth-order valence-corrected chi connectivity index (χ4v) is 6.14. The lowest BCUT2D eigenvalue weighted by Crippen LogP contribution is -2.54. The third-order valence-corrected chi connectivity index (χ3v) is 8.51. The Hall–Kier alpha value is -4.05. The number of benzene rings is 3. The molecule has 0 spiro atoms. The van der Waals surface area contributed by atoms with Gasteiger partial charge in [0.1, 0.15) is 25.8 Å². The van der Waals surface area contributed by atoms with Gasteiger partial charge in [-0.2, -0.15) is 0 Å². The summed E-state index contributed by atoms with van der Waals surface area (Å²) in [5, 5.41) is 2.91. The lowest BCUT2D eigenvalue weighted by atomic mass is 10.1. The van der Waals surface area contributed by atoms with E-state index < -0.39 is 28.5 Å².